The van der Waals surface area contributed by atoms with E-state index in [1.54, 1.807) is 23.4 Å². The predicted octanol–water partition coefficient (Wildman–Crippen LogP) is 0.960. The van der Waals surface area contributed by atoms with Crippen LogP contribution in [0.4, 0.5) is 0 Å². The lowest BCUT2D eigenvalue weighted by molar-refractivity contribution is -0.0719. The summed E-state index contributed by atoms with van der Waals surface area (Å²) in [5.74, 6) is 0. The Morgan fingerprint density at radius 2 is 2.13 bits per heavy atom. The molecule has 2 saturated heterocycles. The highest BCUT2D eigenvalue weighted by Gasteiger charge is 2.42. The number of fused-ring (bicyclic) bond motifs is 1. The minimum absolute atomic E-state index is 0.0331. The van der Waals surface area contributed by atoms with Gasteiger partial charge in [-0.15, -0.1) is 0 Å². The second-order valence-electron chi connectivity index (χ2n) is 6.23. The smallest absolute Gasteiger partial charge is 0.243 e. The van der Waals surface area contributed by atoms with E-state index in [-0.39, 0.29) is 17.0 Å². The van der Waals surface area contributed by atoms with Crippen molar-refractivity contribution in [2.24, 2.45) is 0 Å². The largest absolute Gasteiger partial charge is 0.375 e. The number of rotatable bonds is 2. The van der Waals surface area contributed by atoms with Gasteiger partial charge in [-0.2, -0.15) is 9.57 Å². The molecule has 3 rings (SSSR count). The highest BCUT2D eigenvalue weighted by atomic mass is 32.2. The first-order valence-electron chi connectivity index (χ1n) is 7.76. The molecule has 0 bridgehead atoms. The topological polar surface area (TPSA) is 73.6 Å². The van der Waals surface area contributed by atoms with Crippen molar-refractivity contribution in [3.05, 3.63) is 29.3 Å². The van der Waals surface area contributed by atoms with Crippen LogP contribution < -0.4 is 0 Å². The van der Waals surface area contributed by atoms with Crippen molar-refractivity contribution in [1.82, 2.24) is 9.21 Å². The number of morpholine rings is 1. The zero-order valence-electron chi connectivity index (χ0n) is 13.4. The van der Waals surface area contributed by atoms with E-state index in [0.717, 1.165) is 13.0 Å². The molecule has 1 aromatic carbocycles. The Balaban J connectivity index is 1.95. The summed E-state index contributed by atoms with van der Waals surface area (Å²) in [6.07, 6.45) is 0.814. The number of benzene rings is 1. The normalized spacial score (nSPS) is 26.5. The average Bonchev–Trinajstić information content (AvgIpc) is 2.54. The fraction of sp³-hybridized carbons (Fsp3) is 0.562. The quantitative estimate of drug-likeness (QED) is 0.805. The number of hydrogen-bond donors (Lipinski definition) is 0. The summed E-state index contributed by atoms with van der Waals surface area (Å²) in [6.45, 7) is 4.16. The van der Waals surface area contributed by atoms with Crippen LogP contribution in [0.1, 0.15) is 17.5 Å². The van der Waals surface area contributed by atoms with Crippen LogP contribution in [0.15, 0.2) is 23.1 Å². The van der Waals surface area contributed by atoms with Crippen LogP contribution in [-0.4, -0.2) is 63.1 Å². The molecule has 2 atom stereocenters. The van der Waals surface area contributed by atoms with Gasteiger partial charge in [0.2, 0.25) is 10.0 Å². The molecule has 2 fully saturated rings. The van der Waals surface area contributed by atoms with E-state index in [4.69, 9.17) is 10.00 Å². The molecule has 1 aromatic rings. The first-order valence-corrected chi connectivity index (χ1v) is 9.20. The molecule has 0 radical (unpaired) electrons. The van der Waals surface area contributed by atoms with Gasteiger partial charge in [-0.25, -0.2) is 8.42 Å². The monoisotopic (exact) mass is 335 g/mol. The predicted molar refractivity (Wildman–Crippen MR) is 85.4 cm³/mol. The molecule has 0 N–H and O–H groups in total. The molecule has 0 saturated carbocycles. The Labute approximate surface area is 137 Å². The van der Waals surface area contributed by atoms with Gasteiger partial charge in [0.1, 0.15) is 0 Å². The fourth-order valence-electron chi connectivity index (χ4n) is 3.35. The Hall–Kier alpha value is -1.46. The highest BCUT2D eigenvalue weighted by molar-refractivity contribution is 7.89. The maximum absolute atomic E-state index is 13.1. The molecule has 0 amide bonds. The molecule has 0 aromatic heterocycles. The molecule has 124 valence electrons. The van der Waals surface area contributed by atoms with Crippen molar-refractivity contribution in [1.29, 1.82) is 5.26 Å². The zero-order valence-corrected chi connectivity index (χ0v) is 14.2. The third-order valence-electron chi connectivity index (χ3n) is 4.66. The molecule has 7 heteroatoms. The van der Waals surface area contributed by atoms with Crippen molar-refractivity contribution in [3.8, 4) is 6.07 Å². The second kappa shape index (κ2) is 6.21. The van der Waals surface area contributed by atoms with Crippen molar-refractivity contribution < 1.29 is 13.2 Å². The first kappa shape index (κ1) is 16.4. The van der Waals surface area contributed by atoms with Crippen LogP contribution in [0.5, 0.6) is 0 Å². The third kappa shape index (κ3) is 3.00. The summed E-state index contributed by atoms with van der Waals surface area (Å²) in [5, 5.41) is 9.01. The Bertz CT molecular complexity index is 741. The van der Waals surface area contributed by atoms with Crippen LogP contribution in [0.3, 0.4) is 0 Å². The maximum atomic E-state index is 13.1. The van der Waals surface area contributed by atoms with Crippen molar-refractivity contribution >= 4 is 10.0 Å². The van der Waals surface area contributed by atoms with Gasteiger partial charge < -0.3 is 9.64 Å². The van der Waals surface area contributed by atoms with Gasteiger partial charge in [0.05, 0.1) is 35.3 Å². The minimum atomic E-state index is -3.59. The van der Waals surface area contributed by atoms with Crippen molar-refractivity contribution in [2.45, 2.75) is 30.4 Å². The lowest BCUT2D eigenvalue weighted by atomic mass is 10.0. The number of ether oxygens (including phenoxy) is 1. The summed E-state index contributed by atoms with van der Waals surface area (Å²) in [4.78, 5) is 2.39. The summed E-state index contributed by atoms with van der Waals surface area (Å²) >= 11 is 0. The SMILES string of the molecule is Cc1cc(S(=O)(=O)N2CCO[C@H]3CCN(C)C[C@@H]32)ccc1C#N. The minimum Gasteiger partial charge on any atom is -0.375 e. The Kier molecular flexibility index (Phi) is 4.43. The molecular formula is C16H21N3O3S. The van der Waals surface area contributed by atoms with Crippen LogP contribution in [0, 0.1) is 18.3 Å². The molecule has 6 nitrogen and oxygen atoms in total. The third-order valence-corrected chi connectivity index (χ3v) is 6.58. The average molecular weight is 335 g/mol. The zero-order chi connectivity index (χ0) is 16.6. The Morgan fingerprint density at radius 1 is 1.35 bits per heavy atom. The molecule has 2 aliphatic heterocycles. The molecule has 0 unspecified atom stereocenters. The molecular weight excluding hydrogens is 314 g/mol. The number of piperidine rings is 1. The molecule has 0 spiro atoms. The van der Waals surface area contributed by atoms with E-state index in [0.29, 0.717) is 30.8 Å². The summed E-state index contributed by atoms with van der Waals surface area (Å²) in [6, 6.07) is 6.61. The lowest BCUT2D eigenvalue weighted by Crippen LogP contribution is -2.60. The maximum Gasteiger partial charge on any atom is 0.243 e. The van der Waals surface area contributed by atoms with Gasteiger partial charge in [-0.05, 0) is 44.2 Å². The number of nitriles is 1. The van der Waals surface area contributed by atoms with Gasteiger partial charge >= 0.3 is 0 Å². The van der Waals surface area contributed by atoms with Gasteiger partial charge in [0.15, 0.2) is 0 Å². The van der Waals surface area contributed by atoms with Crippen LogP contribution in [0.25, 0.3) is 0 Å². The van der Waals surface area contributed by atoms with Crippen LogP contribution in [0.2, 0.25) is 0 Å². The molecule has 2 heterocycles. The number of hydrogen-bond acceptors (Lipinski definition) is 5. The molecule has 0 aliphatic carbocycles. The van der Waals surface area contributed by atoms with Crippen molar-refractivity contribution in [3.63, 3.8) is 0 Å². The van der Waals surface area contributed by atoms with E-state index >= 15 is 0 Å². The fourth-order valence-corrected chi connectivity index (χ4v) is 5.07. The van der Waals surface area contributed by atoms with E-state index in [9.17, 15) is 8.42 Å². The van der Waals surface area contributed by atoms with E-state index < -0.39 is 10.0 Å². The number of sulfonamides is 1. The van der Waals surface area contributed by atoms with Gasteiger partial charge in [-0.3, -0.25) is 0 Å². The van der Waals surface area contributed by atoms with E-state index in [2.05, 4.69) is 11.0 Å². The van der Waals surface area contributed by atoms with E-state index in [1.165, 1.54) is 6.07 Å². The molecule has 2 aliphatic rings. The first-order chi connectivity index (χ1) is 10.9. The van der Waals surface area contributed by atoms with Crippen LogP contribution in [-0.2, 0) is 14.8 Å². The van der Waals surface area contributed by atoms with E-state index in [1.807, 2.05) is 7.05 Å². The van der Waals surface area contributed by atoms with Gasteiger partial charge in [-0.1, -0.05) is 0 Å². The standard InChI is InChI=1S/C16H21N3O3S/c1-12-9-14(4-3-13(12)10-17)23(20,21)19-7-8-22-16-5-6-18(2)11-15(16)19/h3-4,9,15-16H,5-8,11H2,1-2H3/t15-,16-/m0/s1. The number of aryl methyl sites for hydroxylation is 1. The number of nitrogens with zero attached hydrogens (tertiary/aromatic N) is 3. The Morgan fingerprint density at radius 3 is 2.83 bits per heavy atom. The summed E-state index contributed by atoms with van der Waals surface area (Å²) in [7, 11) is -1.58. The summed E-state index contributed by atoms with van der Waals surface area (Å²) in [5.41, 5.74) is 1.18. The van der Waals surface area contributed by atoms with Crippen molar-refractivity contribution in [2.75, 3.05) is 33.3 Å². The number of likely N-dealkylation sites (N-methyl/N-ethyl adjacent to an activating group) is 1. The van der Waals surface area contributed by atoms with Gasteiger partial charge in [0, 0.05) is 19.6 Å². The van der Waals surface area contributed by atoms with Gasteiger partial charge in [0.25, 0.3) is 0 Å². The lowest BCUT2D eigenvalue weighted by Gasteiger charge is -2.45. The second-order valence-corrected chi connectivity index (χ2v) is 8.12. The summed E-state index contributed by atoms with van der Waals surface area (Å²) < 4.78 is 33.5. The van der Waals surface area contributed by atoms with Crippen LogP contribution >= 0.6 is 0 Å². The number of likely N-dealkylation sites (tertiary alicyclic amines) is 1. The molecule has 23 heavy (non-hydrogen) atoms. The highest BCUT2D eigenvalue weighted by Crippen LogP contribution is 2.28.